The Morgan fingerprint density at radius 3 is 2.28 bits per heavy atom. The van der Waals surface area contributed by atoms with E-state index in [1.165, 1.54) is 19.2 Å². The minimum absolute atomic E-state index is 0.0566. The van der Waals surface area contributed by atoms with Crippen LogP contribution in [-0.2, 0) is 20.9 Å². The number of nitrogens with one attached hydrogen (secondary N) is 1. The van der Waals surface area contributed by atoms with E-state index >= 15 is 0 Å². The molecule has 136 valence electrons. The Kier molecular flexibility index (Phi) is 5.76. The molecule has 1 unspecified atom stereocenters. The molecule has 2 rings (SSSR count). The molecule has 10 heteroatoms. The number of methoxy groups -OCH3 is 1. The van der Waals surface area contributed by atoms with Crippen molar-refractivity contribution in [1.82, 2.24) is 9.71 Å². The number of benzene rings is 1. The summed E-state index contributed by atoms with van der Waals surface area (Å²) in [5.41, 5.74) is -0.759. The predicted molar refractivity (Wildman–Crippen MR) is 80.6 cm³/mol. The zero-order chi connectivity index (χ0) is 18.7. The number of nitrogens with zero attached hydrogens (tertiary/aromatic N) is 1. The second-order valence-electron chi connectivity index (χ2n) is 5.06. The van der Waals surface area contributed by atoms with Crippen molar-refractivity contribution in [3.8, 4) is 0 Å². The van der Waals surface area contributed by atoms with Crippen molar-refractivity contribution in [2.45, 2.75) is 17.1 Å². The van der Waals surface area contributed by atoms with Crippen molar-refractivity contribution in [2.24, 2.45) is 0 Å². The maximum atomic E-state index is 13.0. The van der Waals surface area contributed by atoms with Crippen molar-refractivity contribution in [2.75, 3.05) is 13.7 Å². The molecule has 0 spiro atoms. The molecule has 0 aliphatic heterocycles. The molecule has 1 atom stereocenters. The molecular weight excluding hydrogens is 364 g/mol. The van der Waals surface area contributed by atoms with Gasteiger partial charge in [0.15, 0.2) is 0 Å². The minimum Gasteiger partial charge on any atom is -0.383 e. The van der Waals surface area contributed by atoms with Crippen LogP contribution >= 0.6 is 0 Å². The van der Waals surface area contributed by atoms with Crippen molar-refractivity contribution in [3.63, 3.8) is 0 Å². The smallest absolute Gasteiger partial charge is 0.383 e. The number of aromatic nitrogens is 1. The fourth-order valence-electron chi connectivity index (χ4n) is 2.02. The highest BCUT2D eigenvalue weighted by molar-refractivity contribution is 7.89. The fraction of sp³-hybridized carbons (Fsp3) is 0.267. The van der Waals surface area contributed by atoms with Gasteiger partial charge >= 0.3 is 6.18 Å². The third-order valence-electron chi connectivity index (χ3n) is 3.24. The first-order chi connectivity index (χ1) is 11.6. The second kappa shape index (κ2) is 7.46. The van der Waals surface area contributed by atoms with Gasteiger partial charge in [0.25, 0.3) is 0 Å². The normalized spacial score (nSPS) is 13.6. The van der Waals surface area contributed by atoms with Crippen LogP contribution in [0.1, 0.15) is 17.3 Å². The summed E-state index contributed by atoms with van der Waals surface area (Å²) in [6.45, 7) is -0.0566. The summed E-state index contributed by atoms with van der Waals surface area (Å²) >= 11 is 0. The standard InChI is InChI=1S/C15H14F4N2O3S/c1-24-9-13(10-2-4-11(16)5-3-10)21-25(22,23)12-6-7-14(20-8-12)15(17,18)19/h2-8,13,21H,9H2,1H3. The zero-order valence-corrected chi connectivity index (χ0v) is 13.7. The van der Waals surface area contributed by atoms with E-state index in [1.807, 2.05) is 0 Å². The maximum Gasteiger partial charge on any atom is 0.433 e. The van der Waals surface area contributed by atoms with Crippen LogP contribution in [0.2, 0.25) is 0 Å². The third kappa shape index (κ3) is 4.97. The van der Waals surface area contributed by atoms with Crippen LogP contribution in [0.5, 0.6) is 0 Å². The van der Waals surface area contributed by atoms with Gasteiger partial charge in [-0.1, -0.05) is 12.1 Å². The summed E-state index contributed by atoms with van der Waals surface area (Å²) in [5.74, 6) is -0.491. The number of halogens is 4. The number of pyridine rings is 1. The quantitative estimate of drug-likeness (QED) is 0.785. The van der Waals surface area contributed by atoms with Gasteiger partial charge in [-0.05, 0) is 29.8 Å². The molecule has 0 radical (unpaired) electrons. The van der Waals surface area contributed by atoms with Gasteiger partial charge in [0.05, 0.1) is 12.6 Å². The Balaban J connectivity index is 2.26. The summed E-state index contributed by atoms with van der Waals surface area (Å²) < 4.78 is 82.5. The second-order valence-corrected chi connectivity index (χ2v) is 6.77. The molecule has 0 amide bonds. The van der Waals surface area contributed by atoms with Crippen LogP contribution in [0, 0.1) is 5.82 Å². The fourth-order valence-corrected chi connectivity index (χ4v) is 3.18. The van der Waals surface area contributed by atoms with Crippen LogP contribution in [0.15, 0.2) is 47.5 Å². The predicted octanol–water partition coefficient (Wildman–Crippen LogP) is 2.91. The number of alkyl halides is 3. The van der Waals surface area contributed by atoms with Gasteiger partial charge in [-0.3, -0.25) is 4.98 Å². The van der Waals surface area contributed by atoms with E-state index in [4.69, 9.17) is 4.74 Å². The molecular formula is C15H14F4N2O3S. The van der Waals surface area contributed by atoms with E-state index in [0.717, 1.165) is 18.2 Å². The first kappa shape index (κ1) is 19.3. The Bertz CT molecular complexity index is 806. The van der Waals surface area contributed by atoms with Gasteiger partial charge in [-0.2, -0.15) is 13.2 Å². The lowest BCUT2D eigenvalue weighted by molar-refractivity contribution is -0.141. The lowest BCUT2D eigenvalue weighted by Gasteiger charge is -2.18. The molecule has 25 heavy (non-hydrogen) atoms. The Hall–Kier alpha value is -2.04. The topological polar surface area (TPSA) is 68.3 Å². The van der Waals surface area contributed by atoms with Gasteiger partial charge in [0, 0.05) is 13.3 Å². The zero-order valence-electron chi connectivity index (χ0n) is 12.9. The molecule has 0 saturated carbocycles. The Morgan fingerprint density at radius 1 is 1.16 bits per heavy atom. The first-order valence-corrected chi connectivity index (χ1v) is 8.42. The van der Waals surface area contributed by atoms with Gasteiger partial charge in [0.2, 0.25) is 10.0 Å². The summed E-state index contributed by atoms with van der Waals surface area (Å²) in [6, 6.07) is 5.62. The van der Waals surface area contributed by atoms with Crippen molar-refractivity contribution in [1.29, 1.82) is 0 Å². The lowest BCUT2D eigenvalue weighted by Crippen LogP contribution is -2.31. The number of rotatable bonds is 6. The van der Waals surface area contributed by atoms with E-state index < -0.39 is 38.6 Å². The largest absolute Gasteiger partial charge is 0.433 e. The highest BCUT2D eigenvalue weighted by Crippen LogP contribution is 2.28. The molecule has 2 aromatic rings. The SMILES string of the molecule is COCC(NS(=O)(=O)c1ccc(C(F)(F)F)nc1)c1ccc(F)cc1. The van der Waals surface area contributed by atoms with Crippen LogP contribution < -0.4 is 4.72 Å². The summed E-state index contributed by atoms with van der Waals surface area (Å²) in [4.78, 5) is 2.70. The van der Waals surface area contributed by atoms with Gasteiger partial charge in [-0.25, -0.2) is 17.5 Å². The molecule has 5 nitrogen and oxygen atoms in total. The average molecular weight is 378 g/mol. The summed E-state index contributed by atoms with van der Waals surface area (Å²) in [6.07, 6.45) is -4.04. The van der Waals surface area contributed by atoms with E-state index in [2.05, 4.69) is 9.71 Å². The molecule has 1 heterocycles. The van der Waals surface area contributed by atoms with E-state index in [9.17, 15) is 26.0 Å². The van der Waals surface area contributed by atoms with Crippen LogP contribution in [0.3, 0.4) is 0 Å². The third-order valence-corrected chi connectivity index (χ3v) is 4.70. The lowest BCUT2D eigenvalue weighted by atomic mass is 10.1. The molecule has 0 saturated heterocycles. The van der Waals surface area contributed by atoms with Crippen LogP contribution in [0.25, 0.3) is 0 Å². The highest BCUT2D eigenvalue weighted by Gasteiger charge is 2.33. The number of ether oxygens (including phenoxy) is 1. The number of sulfonamides is 1. The highest BCUT2D eigenvalue weighted by atomic mass is 32.2. The number of hydrogen-bond acceptors (Lipinski definition) is 4. The Morgan fingerprint density at radius 2 is 1.80 bits per heavy atom. The minimum atomic E-state index is -4.66. The molecule has 0 bridgehead atoms. The van der Waals surface area contributed by atoms with Crippen molar-refractivity contribution < 1.29 is 30.7 Å². The van der Waals surface area contributed by atoms with Crippen LogP contribution in [-0.4, -0.2) is 27.1 Å². The number of hydrogen-bond donors (Lipinski definition) is 1. The average Bonchev–Trinajstić information content (AvgIpc) is 2.54. The van der Waals surface area contributed by atoms with Gasteiger partial charge in [-0.15, -0.1) is 0 Å². The van der Waals surface area contributed by atoms with Crippen LogP contribution in [0.4, 0.5) is 17.6 Å². The van der Waals surface area contributed by atoms with Crippen molar-refractivity contribution >= 4 is 10.0 Å². The van der Waals surface area contributed by atoms with E-state index in [1.54, 1.807) is 0 Å². The van der Waals surface area contributed by atoms with Gasteiger partial charge in [0.1, 0.15) is 16.4 Å². The maximum absolute atomic E-state index is 13.0. The van der Waals surface area contributed by atoms with E-state index in [0.29, 0.717) is 17.8 Å². The molecule has 0 aliphatic carbocycles. The summed E-state index contributed by atoms with van der Waals surface area (Å²) in [7, 11) is -2.80. The molecule has 1 N–H and O–H groups in total. The van der Waals surface area contributed by atoms with Crippen molar-refractivity contribution in [3.05, 3.63) is 59.7 Å². The van der Waals surface area contributed by atoms with E-state index in [-0.39, 0.29) is 6.61 Å². The summed E-state index contributed by atoms with van der Waals surface area (Å²) in [5, 5.41) is 0. The van der Waals surface area contributed by atoms with Gasteiger partial charge < -0.3 is 4.74 Å². The molecule has 0 aliphatic rings. The Labute approximate surface area is 141 Å². The molecule has 1 aromatic heterocycles. The monoisotopic (exact) mass is 378 g/mol. The molecule has 1 aromatic carbocycles. The molecule has 0 fully saturated rings. The first-order valence-electron chi connectivity index (χ1n) is 6.93.